The summed E-state index contributed by atoms with van der Waals surface area (Å²) >= 11 is 1.39. The molecule has 1 amide bonds. The van der Waals surface area contributed by atoms with E-state index in [2.05, 4.69) is 37.7 Å². The van der Waals surface area contributed by atoms with Crippen LogP contribution in [0.4, 0.5) is 27.7 Å². The topological polar surface area (TPSA) is 106 Å². The van der Waals surface area contributed by atoms with E-state index in [0.29, 0.717) is 17.3 Å². The lowest BCUT2D eigenvalue weighted by molar-refractivity contribution is -0.113. The fourth-order valence-corrected chi connectivity index (χ4v) is 3.97. The standard InChI is InChI=1S/C21H21FN6OS/c22-15-5-8-16(9-6-15)25-21-27-18(26-20(23)28-21)11-30-12-19(29)24-17-7-4-13-2-1-3-14(13)10-17/h4-10H,1-3,11-12H2,(H,24,29)(H3,23,25,26,27,28). The number of carbonyl (C=O) groups is 1. The van der Waals surface area contributed by atoms with Crippen LogP contribution in [0.3, 0.4) is 0 Å². The van der Waals surface area contributed by atoms with Gasteiger partial charge in [0, 0.05) is 11.4 Å². The number of hydrogen-bond donors (Lipinski definition) is 3. The molecular formula is C21H21FN6OS. The lowest BCUT2D eigenvalue weighted by Gasteiger charge is -2.08. The number of benzene rings is 2. The molecule has 9 heteroatoms. The zero-order chi connectivity index (χ0) is 20.9. The van der Waals surface area contributed by atoms with Crippen molar-refractivity contribution in [2.24, 2.45) is 0 Å². The molecule has 7 nitrogen and oxygen atoms in total. The van der Waals surface area contributed by atoms with E-state index in [1.165, 1.54) is 41.4 Å². The highest BCUT2D eigenvalue weighted by Crippen LogP contribution is 2.25. The van der Waals surface area contributed by atoms with E-state index in [0.717, 1.165) is 18.5 Å². The minimum absolute atomic E-state index is 0.0767. The number of hydrogen-bond acceptors (Lipinski definition) is 7. The average Bonchev–Trinajstić information content (AvgIpc) is 3.17. The molecule has 4 rings (SSSR count). The number of aromatic nitrogens is 3. The summed E-state index contributed by atoms with van der Waals surface area (Å²) in [5, 5.41) is 5.90. The highest BCUT2D eigenvalue weighted by Gasteiger charge is 2.12. The number of anilines is 4. The van der Waals surface area contributed by atoms with E-state index in [9.17, 15) is 9.18 Å². The molecule has 0 radical (unpaired) electrons. The third-order valence-electron chi connectivity index (χ3n) is 4.65. The van der Waals surface area contributed by atoms with Crippen molar-refractivity contribution >= 4 is 40.9 Å². The van der Waals surface area contributed by atoms with Crippen molar-refractivity contribution in [1.29, 1.82) is 0 Å². The highest BCUT2D eigenvalue weighted by molar-refractivity contribution is 7.99. The largest absolute Gasteiger partial charge is 0.368 e. The summed E-state index contributed by atoms with van der Waals surface area (Å²) in [4.78, 5) is 24.7. The molecule has 3 aromatic rings. The molecule has 1 aliphatic carbocycles. The number of nitrogens with two attached hydrogens (primary N) is 1. The highest BCUT2D eigenvalue weighted by atomic mass is 32.2. The third-order valence-corrected chi connectivity index (χ3v) is 5.57. The Bertz CT molecular complexity index is 1060. The van der Waals surface area contributed by atoms with Gasteiger partial charge >= 0.3 is 0 Å². The van der Waals surface area contributed by atoms with Crippen molar-refractivity contribution in [2.75, 3.05) is 22.1 Å². The molecule has 0 spiro atoms. The second-order valence-corrected chi connectivity index (χ2v) is 7.93. The molecule has 4 N–H and O–H groups in total. The minimum Gasteiger partial charge on any atom is -0.368 e. The number of halogens is 1. The Kier molecular flexibility index (Phi) is 6.08. The van der Waals surface area contributed by atoms with Gasteiger partial charge in [0.05, 0.1) is 11.5 Å². The number of rotatable bonds is 7. The van der Waals surface area contributed by atoms with Crippen LogP contribution in [-0.2, 0) is 23.4 Å². The molecule has 30 heavy (non-hydrogen) atoms. The van der Waals surface area contributed by atoms with Crippen LogP contribution in [0.15, 0.2) is 42.5 Å². The number of fused-ring (bicyclic) bond motifs is 1. The molecule has 0 atom stereocenters. The second-order valence-electron chi connectivity index (χ2n) is 6.94. The summed E-state index contributed by atoms with van der Waals surface area (Å²) in [5.41, 5.74) is 9.92. The number of nitrogens with zero attached hydrogens (tertiary/aromatic N) is 3. The monoisotopic (exact) mass is 424 g/mol. The maximum Gasteiger partial charge on any atom is 0.234 e. The van der Waals surface area contributed by atoms with Gasteiger partial charge in [0.2, 0.25) is 17.8 Å². The summed E-state index contributed by atoms with van der Waals surface area (Å²) in [6.07, 6.45) is 3.37. The molecule has 1 aliphatic rings. The zero-order valence-corrected chi connectivity index (χ0v) is 17.0. The second kappa shape index (κ2) is 9.08. The Labute approximate surface area is 177 Å². The number of amides is 1. The van der Waals surface area contributed by atoms with Crippen LogP contribution in [-0.4, -0.2) is 26.6 Å². The van der Waals surface area contributed by atoms with Gasteiger partial charge in [-0.3, -0.25) is 4.79 Å². The van der Waals surface area contributed by atoms with Crippen LogP contribution in [0, 0.1) is 5.82 Å². The maximum absolute atomic E-state index is 13.0. The Hall–Kier alpha value is -3.20. The van der Waals surface area contributed by atoms with Gasteiger partial charge in [-0.2, -0.15) is 15.0 Å². The molecule has 0 saturated heterocycles. The van der Waals surface area contributed by atoms with Gasteiger partial charge in [-0.05, 0) is 66.8 Å². The third kappa shape index (κ3) is 5.24. The van der Waals surface area contributed by atoms with Crippen LogP contribution in [0.1, 0.15) is 23.4 Å². The van der Waals surface area contributed by atoms with Crippen molar-refractivity contribution in [2.45, 2.75) is 25.0 Å². The van der Waals surface area contributed by atoms with Crippen molar-refractivity contribution in [1.82, 2.24) is 15.0 Å². The Morgan fingerprint density at radius 2 is 1.80 bits per heavy atom. The molecule has 0 fully saturated rings. The van der Waals surface area contributed by atoms with E-state index in [4.69, 9.17) is 5.73 Å². The van der Waals surface area contributed by atoms with Gasteiger partial charge < -0.3 is 16.4 Å². The van der Waals surface area contributed by atoms with E-state index in [1.807, 2.05) is 6.07 Å². The van der Waals surface area contributed by atoms with E-state index < -0.39 is 0 Å². The molecular weight excluding hydrogens is 403 g/mol. The van der Waals surface area contributed by atoms with Gasteiger partial charge in [-0.15, -0.1) is 11.8 Å². The SMILES string of the molecule is Nc1nc(CSCC(=O)Nc2ccc3c(c2)CCC3)nc(Nc2ccc(F)cc2)n1. The Morgan fingerprint density at radius 3 is 2.63 bits per heavy atom. The smallest absolute Gasteiger partial charge is 0.234 e. The van der Waals surface area contributed by atoms with E-state index in [-0.39, 0.29) is 29.4 Å². The van der Waals surface area contributed by atoms with Crippen LogP contribution in [0.5, 0.6) is 0 Å². The number of thioether (sulfide) groups is 1. The molecule has 0 unspecified atom stereocenters. The first-order valence-electron chi connectivity index (χ1n) is 9.57. The number of carbonyl (C=O) groups excluding carboxylic acids is 1. The predicted octanol–water partition coefficient (Wildman–Crippen LogP) is 3.70. The quantitative estimate of drug-likeness (QED) is 0.531. The van der Waals surface area contributed by atoms with Crippen molar-refractivity contribution in [3.05, 3.63) is 65.2 Å². The van der Waals surface area contributed by atoms with Gasteiger partial charge in [-0.25, -0.2) is 4.39 Å². The zero-order valence-electron chi connectivity index (χ0n) is 16.2. The maximum atomic E-state index is 13.0. The lowest BCUT2D eigenvalue weighted by atomic mass is 10.1. The summed E-state index contributed by atoms with van der Waals surface area (Å²) < 4.78 is 13.0. The molecule has 2 aromatic carbocycles. The molecule has 0 bridgehead atoms. The average molecular weight is 425 g/mol. The van der Waals surface area contributed by atoms with Gasteiger partial charge in [0.1, 0.15) is 11.6 Å². The predicted molar refractivity (Wildman–Crippen MR) is 117 cm³/mol. The van der Waals surface area contributed by atoms with Crippen LogP contribution in [0.25, 0.3) is 0 Å². The fraction of sp³-hybridized carbons (Fsp3) is 0.238. The first-order chi connectivity index (χ1) is 14.5. The number of nitrogen functional groups attached to an aromatic ring is 1. The van der Waals surface area contributed by atoms with Gasteiger partial charge in [0.25, 0.3) is 0 Å². The molecule has 154 valence electrons. The van der Waals surface area contributed by atoms with Crippen LogP contribution < -0.4 is 16.4 Å². The van der Waals surface area contributed by atoms with Crippen molar-refractivity contribution in [3.63, 3.8) is 0 Å². The Balaban J connectivity index is 1.30. The van der Waals surface area contributed by atoms with Crippen LogP contribution >= 0.6 is 11.8 Å². The van der Waals surface area contributed by atoms with Gasteiger partial charge in [0.15, 0.2) is 0 Å². The molecule has 1 heterocycles. The lowest BCUT2D eigenvalue weighted by Crippen LogP contribution is -2.14. The number of nitrogens with one attached hydrogen (secondary N) is 2. The summed E-state index contributed by atoms with van der Waals surface area (Å²) in [5.74, 6) is 1.07. The van der Waals surface area contributed by atoms with Crippen molar-refractivity contribution in [3.8, 4) is 0 Å². The normalized spacial score (nSPS) is 12.4. The summed E-state index contributed by atoms with van der Waals surface area (Å²) in [7, 11) is 0. The molecule has 1 aromatic heterocycles. The van der Waals surface area contributed by atoms with Gasteiger partial charge in [-0.1, -0.05) is 6.07 Å². The van der Waals surface area contributed by atoms with E-state index in [1.54, 1.807) is 12.1 Å². The van der Waals surface area contributed by atoms with Crippen molar-refractivity contribution < 1.29 is 9.18 Å². The fourth-order valence-electron chi connectivity index (χ4n) is 3.30. The molecule has 0 aliphatic heterocycles. The van der Waals surface area contributed by atoms with Crippen LogP contribution in [0.2, 0.25) is 0 Å². The minimum atomic E-state index is -0.328. The van der Waals surface area contributed by atoms with E-state index >= 15 is 0 Å². The Morgan fingerprint density at radius 1 is 1.03 bits per heavy atom. The first-order valence-corrected chi connectivity index (χ1v) is 10.7. The number of aryl methyl sites for hydroxylation is 2. The summed E-state index contributed by atoms with van der Waals surface area (Å²) in [6, 6.07) is 11.9. The first kappa shape index (κ1) is 20.1. The molecule has 0 saturated carbocycles. The summed E-state index contributed by atoms with van der Waals surface area (Å²) in [6.45, 7) is 0.